The van der Waals surface area contributed by atoms with Gasteiger partial charge in [-0.05, 0) is 30.7 Å². The molecule has 1 heterocycles. The van der Waals surface area contributed by atoms with Gasteiger partial charge in [-0.3, -0.25) is 4.99 Å². The Labute approximate surface area is 149 Å². The molecule has 25 heavy (non-hydrogen) atoms. The van der Waals surface area contributed by atoms with Gasteiger partial charge in [0.2, 0.25) is 0 Å². The fraction of sp³-hybridized carbons (Fsp3) is 0.381. The fourth-order valence-corrected chi connectivity index (χ4v) is 2.92. The van der Waals surface area contributed by atoms with Crippen LogP contribution < -0.4 is 15.2 Å². The summed E-state index contributed by atoms with van der Waals surface area (Å²) < 4.78 is 6.26. The number of rotatable bonds is 5. The third-order valence-electron chi connectivity index (χ3n) is 4.47. The molecule has 0 saturated carbocycles. The maximum atomic E-state index is 6.26. The van der Waals surface area contributed by atoms with Crippen LogP contribution in [0.2, 0.25) is 0 Å². The lowest BCUT2D eigenvalue weighted by Gasteiger charge is -2.15. The molecule has 0 amide bonds. The van der Waals surface area contributed by atoms with Gasteiger partial charge in [0.1, 0.15) is 11.2 Å². The first-order valence-corrected chi connectivity index (χ1v) is 8.87. The first kappa shape index (κ1) is 17.3. The van der Waals surface area contributed by atoms with Crippen LogP contribution in [0.25, 0.3) is 21.9 Å². The smallest absolute Gasteiger partial charge is 0.138 e. The zero-order valence-electron chi connectivity index (χ0n) is 15.8. The summed E-state index contributed by atoms with van der Waals surface area (Å²) in [6, 6.07) is 12.7. The Morgan fingerprint density at radius 3 is 1.80 bits per heavy atom. The molecule has 0 aliphatic carbocycles. The van der Waals surface area contributed by atoms with E-state index in [9.17, 15) is 0 Å². The summed E-state index contributed by atoms with van der Waals surface area (Å²) in [4.78, 5) is 9.09. The van der Waals surface area contributed by atoms with E-state index in [1.54, 1.807) is 0 Å². The van der Waals surface area contributed by atoms with E-state index in [0.29, 0.717) is 0 Å². The van der Waals surface area contributed by atoms with Gasteiger partial charge in [-0.1, -0.05) is 13.3 Å². The van der Waals surface area contributed by atoms with Crippen LogP contribution in [0.1, 0.15) is 19.8 Å². The van der Waals surface area contributed by atoms with E-state index in [2.05, 4.69) is 53.1 Å². The van der Waals surface area contributed by atoms with E-state index >= 15 is 0 Å². The second-order valence-corrected chi connectivity index (χ2v) is 6.84. The molecule has 4 heteroatoms. The van der Waals surface area contributed by atoms with Crippen molar-refractivity contribution >= 4 is 33.3 Å². The molecule has 0 aliphatic heterocycles. The van der Waals surface area contributed by atoms with Crippen LogP contribution in [0.3, 0.4) is 0 Å². The summed E-state index contributed by atoms with van der Waals surface area (Å²) in [5, 5.41) is 3.19. The number of unbranched alkanes of at least 4 members (excludes halogenated alkanes) is 1. The van der Waals surface area contributed by atoms with Crippen LogP contribution in [0.5, 0.6) is 0 Å². The lowest BCUT2D eigenvalue weighted by molar-refractivity contribution is 0.658. The van der Waals surface area contributed by atoms with E-state index in [1.807, 2.05) is 28.2 Å². The summed E-state index contributed by atoms with van der Waals surface area (Å²) in [7, 11) is 8.16. The Morgan fingerprint density at radius 2 is 1.36 bits per heavy atom. The van der Waals surface area contributed by atoms with Crippen LogP contribution in [0.15, 0.2) is 45.8 Å². The summed E-state index contributed by atoms with van der Waals surface area (Å²) in [6.45, 7) is 3.04. The van der Waals surface area contributed by atoms with Crippen molar-refractivity contribution in [2.75, 3.05) is 44.5 Å². The summed E-state index contributed by atoms with van der Waals surface area (Å²) in [5.41, 5.74) is 4.01. The highest BCUT2D eigenvalue weighted by atomic mass is 16.3. The van der Waals surface area contributed by atoms with Gasteiger partial charge in [-0.2, -0.15) is 0 Å². The molecule has 0 radical (unpaired) electrons. The van der Waals surface area contributed by atoms with Crippen LogP contribution in [0.4, 0.5) is 11.4 Å². The number of fused-ring (bicyclic) bond motifs is 2. The highest BCUT2D eigenvalue weighted by molar-refractivity contribution is 5.92. The minimum atomic E-state index is 0.843. The maximum absolute atomic E-state index is 6.26. The van der Waals surface area contributed by atoms with E-state index < -0.39 is 0 Å². The molecule has 0 fully saturated rings. The molecule has 0 bridgehead atoms. The molecule has 1 aromatic heterocycles. The molecule has 0 atom stereocenters. The predicted molar refractivity (Wildman–Crippen MR) is 108 cm³/mol. The van der Waals surface area contributed by atoms with Crippen molar-refractivity contribution in [2.45, 2.75) is 19.8 Å². The first-order chi connectivity index (χ1) is 12.0. The van der Waals surface area contributed by atoms with Crippen molar-refractivity contribution in [2.24, 2.45) is 4.99 Å². The van der Waals surface area contributed by atoms with E-state index in [1.165, 1.54) is 0 Å². The van der Waals surface area contributed by atoms with Crippen LogP contribution in [-0.4, -0.2) is 34.7 Å². The van der Waals surface area contributed by atoms with Crippen molar-refractivity contribution in [1.29, 1.82) is 0 Å². The lowest BCUT2D eigenvalue weighted by atomic mass is 10.1. The van der Waals surface area contributed by atoms with Gasteiger partial charge >= 0.3 is 0 Å². The molecular formula is C21H27N3O. The summed E-state index contributed by atoms with van der Waals surface area (Å²) in [5.74, 6) is 0. The van der Waals surface area contributed by atoms with E-state index in [0.717, 1.165) is 58.1 Å². The third kappa shape index (κ3) is 3.48. The number of benzene rings is 2. The Bertz CT molecular complexity index is 885. The Morgan fingerprint density at radius 1 is 0.840 bits per heavy atom. The molecule has 132 valence electrons. The Balaban J connectivity index is 2.33. The zero-order chi connectivity index (χ0) is 18.0. The van der Waals surface area contributed by atoms with E-state index in [-0.39, 0.29) is 0 Å². The lowest BCUT2D eigenvalue weighted by Crippen LogP contribution is -2.11. The number of hydrogen-bond donors (Lipinski definition) is 0. The standard InChI is InChI=1S/C21H27N3O/c1-6-7-12-22-21-17-10-8-15(23(2)3)13-19(17)25-20-14-16(24(4)5)9-11-18(20)21/h8-11,13-14H,6-7,12H2,1-5H3. The second kappa shape index (κ2) is 7.18. The first-order valence-electron chi connectivity index (χ1n) is 8.87. The van der Waals surface area contributed by atoms with Crippen LogP contribution >= 0.6 is 0 Å². The topological polar surface area (TPSA) is 32.0 Å². The van der Waals surface area contributed by atoms with Crippen LogP contribution in [0, 0.1) is 0 Å². The summed E-state index contributed by atoms with van der Waals surface area (Å²) >= 11 is 0. The van der Waals surface area contributed by atoms with Gasteiger partial charge in [0.15, 0.2) is 0 Å². The highest BCUT2D eigenvalue weighted by Crippen LogP contribution is 2.25. The number of nitrogens with zero attached hydrogens (tertiary/aromatic N) is 3. The SMILES string of the molecule is CCCCN=c1c2ccc(N(C)C)cc2oc2cc(N(C)C)ccc12. The monoisotopic (exact) mass is 337 g/mol. The van der Waals surface area contributed by atoms with Crippen molar-refractivity contribution in [3.8, 4) is 0 Å². The normalized spacial score (nSPS) is 11.1. The molecule has 0 spiro atoms. The summed E-state index contributed by atoms with van der Waals surface area (Å²) in [6.07, 6.45) is 2.24. The molecule has 0 saturated heterocycles. The van der Waals surface area contributed by atoms with Gasteiger partial charge in [-0.25, -0.2) is 0 Å². The molecule has 2 aromatic carbocycles. The van der Waals surface area contributed by atoms with Gasteiger partial charge in [-0.15, -0.1) is 0 Å². The average Bonchev–Trinajstić information content (AvgIpc) is 2.60. The Hall–Kier alpha value is -2.49. The molecule has 4 nitrogen and oxygen atoms in total. The van der Waals surface area contributed by atoms with Crippen molar-refractivity contribution < 1.29 is 4.42 Å². The Kier molecular flexibility index (Phi) is 4.98. The molecule has 3 aromatic rings. The van der Waals surface area contributed by atoms with Gasteiger partial charge in [0.25, 0.3) is 0 Å². The largest absolute Gasteiger partial charge is 0.456 e. The second-order valence-electron chi connectivity index (χ2n) is 6.84. The number of hydrogen-bond acceptors (Lipinski definition) is 4. The molecule has 0 aliphatic rings. The zero-order valence-corrected chi connectivity index (χ0v) is 15.8. The third-order valence-corrected chi connectivity index (χ3v) is 4.47. The molecular weight excluding hydrogens is 310 g/mol. The van der Waals surface area contributed by atoms with Crippen molar-refractivity contribution in [3.63, 3.8) is 0 Å². The van der Waals surface area contributed by atoms with Gasteiger partial charge in [0, 0.05) is 69.0 Å². The predicted octanol–water partition coefficient (Wildman–Crippen LogP) is 4.42. The van der Waals surface area contributed by atoms with Gasteiger partial charge < -0.3 is 14.2 Å². The van der Waals surface area contributed by atoms with E-state index in [4.69, 9.17) is 9.41 Å². The number of anilines is 2. The highest BCUT2D eigenvalue weighted by Gasteiger charge is 2.09. The minimum Gasteiger partial charge on any atom is -0.456 e. The fourth-order valence-electron chi connectivity index (χ4n) is 2.92. The van der Waals surface area contributed by atoms with Crippen molar-refractivity contribution in [1.82, 2.24) is 0 Å². The molecule has 0 unspecified atom stereocenters. The average molecular weight is 337 g/mol. The maximum Gasteiger partial charge on any atom is 0.138 e. The van der Waals surface area contributed by atoms with Crippen molar-refractivity contribution in [3.05, 3.63) is 41.8 Å². The van der Waals surface area contributed by atoms with Crippen LogP contribution in [-0.2, 0) is 0 Å². The molecule has 3 rings (SSSR count). The molecule has 0 N–H and O–H groups in total. The minimum absolute atomic E-state index is 0.843. The quantitative estimate of drug-likeness (QED) is 0.510. The van der Waals surface area contributed by atoms with Gasteiger partial charge in [0.05, 0.1) is 5.36 Å².